The van der Waals surface area contributed by atoms with Gasteiger partial charge >= 0.3 is 0 Å². The van der Waals surface area contributed by atoms with Gasteiger partial charge in [0.25, 0.3) is 5.91 Å². The highest BCUT2D eigenvalue weighted by molar-refractivity contribution is 5.95. The fourth-order valence-electron chi connectivity index (χ4n) is 4.47. The number of phenolic OH excluding ortho intramolecular Hbond substituents is 1. The van der Waals surface area contributed by atoms with Crippen LogP contribution in [0.2, 0.25) is 0 Å². The molecule has 0 aromatic heterocycles. The highest BCUT2D eigenvalue weighted by atomic mass is 16.5. The van der Waals surface area contributed by atoms with Crippen molar-refractivity contribution >= 4 is 11.6 Å². The van der Waals surface area contributed by atoms with Crippen LogP contribution in [0.4, 0.5) is 5.69 Å². The van der Waals surface area contributed by atoms with Crippen LogP contribution < -0.4 is 15.4 Å². The molecule has 2 aromatic rings. The van der Waals surface area contributed by atoms with E-state index in [4.69, 9.17) is 9.47 Å². The minimum Gasteiger partial charge on any atom is -0.504 e. The van der Waals surface area contributed by atoms with E-state index in [1.165, 1.54) is 0 Å². The van der Waals surface area contributed by atoms with Gasteiger partial charge in [-0.05, 0) is 60.2 Å². The summed E-state index contributed by atoms with van der Waals surface area (Å²) in [5.41, 5.74) is 3.95. The Kier molecular flexibility index (Phi) is 5.95. The molecule has 0 spiro atoms. The molecule has 1 aliphatic heterocycles. The molecule has 2 aromatic carbocycles. The Bertz CT molecular complexity index is 956. The third-order valence-electron chi connectivity index (χ3n) is 6.00. The molecule has 30 heavy (non-hydrogen) atoms. The summed E-state index contributed by atoms with van der Waals surface area (Å²) in [6.07, 6.45) is 6.21. The number of rotatable bonds is 7. The van der Waals surface area contributed by atoms with Crippen LogP contribution in [0.3, 0.4) is 0 Å². The number of benzene rings is 2. The first-order valence-corrected chi connectivity index (χ1v) is 10.3. The Hall–Kier alpha value is -2.99. The monoisotopic (exact) mass is 408 g/mol. The number of fused-ring (bicyclic) bond motifs is 3. The Balaban J connectivity index is 1.58. The van der Waals surface area contributed by atoms with E-state index in [1.807, 2.05) is 30.3 Å². The molecule has 3 N–H and O–H groups in total. The minimum absolute atomic E-state index is 0.0576. The lowest BCUT2D eigenvalue weighted by Crippen LogP contribution is -2.30. The summed E-state index contributed by atoms with van der Waals surface area (Å²) in [7, 11) is 3.22. The van der Waals surface area contributed by atoms with E-state index < -0.39 is 0 Å². The topological polar surface area (TPSA) is 79.8 Å². The number of hydrogen-bond acceptors (Lipinski definition) is 5. The summed E-state index contributed by atoms with van der Waals surface area (Å²) < 4.78 is 10.3. The number of ether oxygens (including phenoxy) is 2. The van der Waals surface area contributed by atoms with Crippen LogP contribution in [0.5, 0.6) is 11.5 Å². The molecule has 1 heterocycles. The van der Waals surface area contributed by atoms with Gasteiger partial charge in [0, 0.05) is 37.4 Å². The second kappa shape index (κ2) is 8.79. The maximum atomic E-state index is 12.5. The van der Waals surface area contributed by atoms with E-state index in [2.05, 4.69) is 22.8 Å². The van der Waals surface area contributed by atoms with Crippen LogP contribution in [-0.2, 0) is 4.74 Å². The van der Waals surface area contributed by atoms with E-state index in [-0.39, 0.29) is 23.6 Å². The van der Waals surface area contributed by atoms with Gasteiger partial charge in [-0.2, -0.15) is 0 Å². The van der Waals surface area contributed by atoms with Crippen LogP contribution in [0.25, 0.3) is 0 Å². The largest absolute Gasteiger partial charge is 0.504 e. The maximum Gasteiger partial charge on any atom is 0.251 e. The highest BCUT2D eigenvalue weighted by Gasteiger charge is 2.38. The van der Waals surface area contributed by atoms with Crippen molar-refractivity contribution in [3.63, 3.8) is 0 Å². The number of phenols is 1. The van der Waals surface area contributed by atoms with Gasteiger partial charge in [-0.15, -0.1) is 0 Å². The second-order valence-corrected chi connectivity index (χ2v) is 7.81. The van der Waals surface area contributed by atoms with E-state index >= 15 is 0 Å². The second-order valence-electron chi connectivity index (χ2n) is 7.81. The van der Waals surface area contributed by atoms with Gasteiger partial charge < -0.3 is 25.2 Å². The molecule has 6 heteroatoms. The Labute approximate surface area is 176 Å². The molecule has 0 saturated heterocycles. The molecule has 3 unspecified atom stereocenters. The molecule has 0 saturated carbocycles. The van der Waals surface area contributed by atoms with Crippen LogP contribution >= 0.6 is 0 Å². The lowest BCUT2D eigenvalue weighted by Gasteiger charge is -2.37. The molecule has 1 amide bonds. The molecule has 6 nitrogen and oxygen atoms in total. The zero-order valence-electron chi connectivity index (χ0n) is 17.4. The van der Waals surface area contributed by atoms with Crippen molar-refractivity contribution in [1.82, 2.24) is 5.32 Å². The fourth-order valence-corrected chi connectivity index (χ4v) is 4.47. The minimum atomic E-state index is -0.0576. The van der Waals surface area contributed by atoms with Crippen molar-refractivity contribution in [3.8, 4) is 11.5 Å². The number of anilines is 1. The van der Waals surface area contributed by atoms with Crippen molar-refractivity contribution < 1.29 is 19.4 Å². The first-order chi connectivity index (χ1) is 14.6. The number of carbonyl (C=O) groups excluding carboxylic acids is 1. The number of amides is 1. The average molecular weight is 408 g/mol. The number of nitrogens with one attached hydrogen (secondary N) is 2. The highest BCUT2D eigenvalue weighted by Crippen LogP contribution is 2.50. The van der Waals surface area contributed by atoms with Gasteiger partial charge in [-0.3, -0.25) is 4.79 Å². The summed E-state index contributed by atoms with van der Waals surface area (Å²) in [5.74, 6) is 1.14. The first-order valence-electron chi connectivity index (χ1n) is 10.3. The number of carbonyl (C=O) groups is 1. The van der Waals surface area contributed by atoms with Crippen molar-refractivity contribution in [2.75, 3.05) is 32.7 Å². The number of allylic oxidation sites excluding steroid dienone is 2. The van der Waals surface area contributed by atoms with Crippen LogP contribution in [0, 0.1) is 5.92 Å². The van der Waals surface area contributed by atoms with E-state index in [0.717, 1.165) is 29.7 Å². The molecule has 0 bridgehead atoms. The number of aromatic hydroxyl groups is 1. The fraction of sp³-hybridized carbons (Fsp3) is 0.375. The zero-order chi connectivity index (χ0) is 21.1. The van der Waals surface area contributed by atoms with Gasteiger partial charge in [-0.1, -0.05) is 18.2 Å². The lowest BCUT2D eigenvalue weighted by atomic mass is 9.76. The Morgan fingerprint density at radius 1 is 1.23 bits per heavy atom. The molecule has 3 atom stereocenters. The van der Waals surface area contributed by atoms with Gasteiger partial charge in [0.05, 0.1) is 13.2 Å². The number of hydrogen-bond donors (Lipinski definition) is 3. The smallest absolute Gasteiger partial charge is 0.251 e. The molecular formula is C24H28N2O4. The lowest BCUT2D eigenvalue weighted by molar-refractivity contribution is 0.0948. The number of methoxy groups -OCH3 is 2. The third-order valence-corrected chi connectivity index (χ3v) is 6.00. The van der Waals surface area contributed by atoms with Gasteiger partial charge in [0.2, 0.25) is 0 Å². The van der Waals surface area contributed by atoms with Gasteiger partial charge in [0.15, 0.2) is 11.5 Å². The molecule has 4 rings (SSSR count). The predicted octanol–water partition coefficient (Wildman–Crippen LogP) is 3.99. The van der Waals surface area contributed by atoms with Crippen LogP contribution in [-0.4, -0.2) is 38.4 Å². The molecule has 158 valence electrons. The Morgan fingerprint density at radius 3 is 2.90 bits per heavy atom. The molecular weight excluding hydrogens is 380 g/mol. The Morgan fingerprint density at radius 2 is 2.10 bits per heavy atom. The molecule has 0 radical (unpaired) electrons. The van der Waals surface area contributed by atoms with Gasteiger partial charge in [0.1, 0.15) is 0 Å². The molecule has 2 aliphatic rings. The van der Waals surface area contributed by atoms with E-state index in [9.17, 15) is 9.90 Å². The maximum absolute atomic E-state index is 12.5. The summed E-state index contributed by atoms with van der Waals surface area (Å²) in [4.78, 5) is 12.5. The summed E-state index contributed by atoms with van der Waals surface area (Å²) in [6, 6.07) is 11.5. The van der Waals surface area contributed by atoms with E-state index in [1.54, 1.807) is 20.3 Å². The summed E-state index contributed by atoms with van der Waals surface area (Å²) in [5, 5.41) is 16.6. The van der Waals surface area contributed by atoms with Gasteiger partial charge in [-0.25, -0.2) is 0 Å². The summed E-state index contributed by atoms with van der Waals surface area (Å²) in [6.45, 7) is 1.23. The van der Waals surface area contributed by atoms with Crippen LogP contribution in [0.15, 0.2) is 48.6 Å². The average Bonchev–Trinajstić information content (AvgIpc) is 3.26. The van der Waals surface area contributed by atoms with Crippen molar-refractivity contribution in [2.24, 2.45) is 5.92 Å². The van der Waals surface area contributed by atoms with Crippen molar-refractivity contribution in [1.29, 1.82) is 0 Å². The quantitative estimate of drug-likeness (QED) is 0.477. The normalized spacial score (nSPS) is 21.5. The van der Waals surface area contributed by atoms with Crippen molar-refractivity contribution in [2.45, 2.75) is 24.8 Å². The summed E-state index contributed by atoms with van der Waals surface area (Å²) >= 11 is 0. The molecule has 0 fully saturated rings. The third kappa shape index (κ3) is 3.87. The zero-order valence-corrected chi connectivity index (χ0v) is 17.4. The van der Waals surface area contributed by atoms with E-state index in [0.29, 0.717) is 30.4 Å². The van der Waals surface area contributed by atoms with Crippen molar-refractivity contribution in [3.05, 3.63) is 65.2 Å². The SMILES string of the molecule is COCCCNC(=O)c1ccc2c(c1)C1C=CCC1C(c1ccc(O)c(OC)c1)N2. The predicted molar refractivity (Wildman–Crippen MR) is 116 cm³/mol. The first kappa shape index (κ1) is 20.3. The standard InChI is InChI=1S/C24H28N2O4/c1-29-12-4-11-25-24(28)16-7-9-20-19(13-16)17-5-3-6-18(17)23(26-20)15-8-10-21(27)22(14-15)30-2/h3,5,7-10,13-14,17-18,23,26-27H,4,6,11-12H2,1-2H3,(H,25,28). The van der Waals surface area contributed by atoms with Crippen LogP contribution in [0.1, 0.15) is 46.3 Å². The molecule has 1 aliphatic carbocycles.